The van der Waals surface area contributed by atoms with Crippen molar-refractivity contribution in [3.8, 4) is 0 Å². The fraction of sp³-hybridized carbons (Fsp3) is 0.875. The number of ether oxygens (including phenoxy) is 1. The summed E-state index contributed by atoms with van der Waals surface area (Å²) in [6.07, 6.45) is 1.59. The Kier molecular flexibility index (Phi) is 1.72. The first-order valence-corrected chi connectivity index (χ1v) is 4.40. The number of carbonyl (C=O) groups excluding carboxylic acids is 1. The van der Waals surface area contributed by atoms with Crippen LogP contribution in [0.1, 0.15) is 19.8 Å². The van der Waals surface area contributed by atoms with Gasteiger partial charge in [-0.25, -0.2) is 4.79 Å². The zero-order valence-corrected chi connectivity index (χ0v) is 7.22. The molecule has 2 N–H and O–H groups in total. The maximum absolute atomic E-state index is 10.9. The summed E-state index contributed by atoms with van der Waals surface area (Å²) in [6.45, 7) is 3.74. The molecule has 2 unspecified atom stereocenters. The second-order valence-corrected chi connectivity index (χ2v) is 3.74. The van der Waals surface area contributed by atoms with Crippen LogP contribution in [0.4, 0.5) is 4.79 Å². The van der Waals surface area contributed by atoms with Crippen LogP contribution >= 0.6 is 0 Å². The number of rotatable bonds is 0. The standard InChI is InChI=1S/C8H14N2O2/c1-6-4-8(2-3-9-6)5-10-7(11)12-8/h6,9H,2-5H2,1H3,(H,10,11). The van der Waals surface area contributed by atoms with Crippen molar-refractivity contribution in [1.29, 1.82) is 0 Å². The summed E-state index contributed by atoms with van der Waals surface area (Å²) in [5.41, 5.74) is -0.207. The van der Waals surface area contributed by atoms with Crippen molar-refractivity contribution < 1.29 is 9.53 Å². The molecule has 0 aliphatic carbocycles. The Bertz CT molecular complexity index is 207. The molecule has 2 heterocycles. The van der Waals surface area contributed by atoms with Crippen LogP contribution in [-0.4, -0.2) is 30.8 Å². The monoisotopic (exact) mass is 170 g/mol. The second-order valence-electron chi connectivity index (χ2n) is 3.74. The predicted octanol–water partition coefficient (Wildman–Crippen LogP) is 0.237. The molecule has 2 aliphatic heterocycles. The van der Waals surface area contributed by atoms with Crippen LogP contribution in [0.3, 0.4) is 0 Å². The lowest BCUT2D eigenvalue weighted by Gasteiger charge is -2.34. The first-order valence-electron chi connectivity index (χ1n) is 4.40. The molecule has 12 heavy (non-hydrogen) atoms. The fourth-order valence-corrected chi connectivity index (χ4v) is 2.03. The minimum Gasteiger partial charge on any atom is -0.441 e. The molecule has 0 saturated carbocycles. The van der Waals surface area contributed by atoms with Crippen molar-refractivity contribution in [3.05, 3.63) is 0 Å². The second kappa shape index (κ2) is 2.62. The van der Waals surface area contributed by atoms with Gasteiger partial charge < -0.3 is 15.4 Å². The van der Waals surface area contributed by atoms with E-state index in [-0.39, 0.29) is 11.7 Å². The normalized spacial score (nSPS) is 41.1. The number of amides is 1. The molecule has 0 bridgehead atoms. The van der Waals surface area contributed by atoms with E-state index in [1.54, 1.807) is 0 Å². The van der Waals surface area contributed by atoms with E-state index in [0.29, 0.717) is 12.6 Å². The van der Waals surface area contributed by atoms with E-state index in [1.807, 2.05) is 0 Å². The van der Waals surface area contributed by atoms with Crippen LogP contribution in [0.5, 0.6) is 0 Å². The number of alkyl carbamates (subject to hydrolysis) is 1. The molecule has 2 rings (SSSR count). The maximum Gasteiger partial charge on any atom is 0.407 e. The SMILES string of the molecule is CC1CC2(CCN1)CNC(=O)O2. The van der Waals surface area contributed by atoms with E-state index in [4.69, 9.17) is 4.74 Å². The van der Waals surface area contributed by atoms with E-state index in [9.17, 15) is 4.79 Å². The third kappa shape index (κ3) is 1.27. The van der Waals surface area contributed by atoms with Crippen molar-refractivity contribution >= 4 is 6.09 Å². The number of nitrogens with one attached hydrogen (secondary N) is 2. The molecular formula is C8H14N2O2. The fourth-order valence-electron chi connectivity index (χ4n) is 2.03. The highest BCUT2D eigenvalue weighted by atomic mass is 16.6. The van der Waals surface area contributed by atoms with Gasteiger partial charge >= 0.3 is 6.09 Å². The molecule has 4 heteroatoms. The molecule has 0 aromatic heterocycles. The summed E-state index contributed by atoms with van der Waals surface area (Å²) in [6, 6.07) is 0.450. The summed E-state index contributed by atoms with van der Waals surface area (Å²) in [7, 11) is 0. The van der Waals surface area contributed by atoms with Gasteiger partial charge in [-0.05, 0) is 13.5 Å². The van der Waals surface area contributed by atoms with Gasteiger partial charge in [-0.1, -0.05) is 0 Å². The summed E-state index contributed by atoms with van der Waals surface area (Å²) in [4.78, 5) is 10.9. The lowest BCUT2D eigenvalue weighted by atomic mass is 9.89. The Hall–Kier alpha value is -0.770. The van der Waals surface area contributed by atoms with Crippen molar-refractivity contribution in [3.63, 3.8) is 0 Å². The molecule has 68 valence electrons. The zero-order chi connectivity index (χ0) is 8.60. The van der Waals surface area contributed by atoms with Gasteiger partial charge in [0.25, 0.3) is 0 Å². The van der Waals surface area contributed by atoms with Gasteiger partial charge in [0.05, 0.1) is 6.54 Å². The Morgan fingerprint density at radius 2 is 2.50 bits per heavy atom. The predicted molar refractivity (Wildman–Crippen MR) is 43.9 cm³/mol. The van der Waals surface area contributed by atoms with E-state index < -0.39 is 0 Å². The van der Waals surface area contributed by atoms with E-state index in [1.165, 1.54) is 0 Å². The quantitative estimate of drug-likeness (QED) is 0.547. The number of hydrogen-bond acceptors (Lipinski definition) is 3. The van der Waals surface area contributed by atoms with Crippen LogP contribution in [0.25, 0.3) is 0 Å². The van der Waals surface area contributed by atoms with Crippen LogP contribution in [0, 0.1) is 0 Å². The number of carbonyl (C=O) groups is 1. The molecular weight excluding hydrogens is 156 g/mol. The Morgan fingerprint density at radius 1 is 1.67 bits per heavy atom. The van der Waals surface area contributed by atoms with Crippen molar-refractivity contribution in [2.24, 2.45) is 0 Å². The minimum absolute atomic E-state index is 0.207. The average Bonchev–Trinajstić information content (AvgIpc) is 2.32. The van der Waals surface area contributed by atoms with Crippen molar-refractivity contribution in [2.45, 2.75) is 31.4 Å². The third-order valence-electron chi connectivity index (χ3n) is 2.62. The molecule has 0 aromatic rings. The molecule has 2 fully saturated rings. The van der Waals surface area contributed by atoms with Crippen LogP contribution in [-0.2, 0) is 4.74 Å². The Morgan fingerprint density at radius 3 is 3.08 bits per heavy atom. The van der Waals surface area contributed by atoms with Crippen molar-refractivity contribution in [1.82, 2.24) is 10.6 Å². The lowest BCUT2D eigenvalue weighted by molar-refractivity contribution is 0.0205. The van der Waals surface area contributed by atoms with Gasteiger partial charge in [0.2, 0.25) is 0 Å². The highest BCUT2D eigenvalue weighted by Crippen LogP contribution is 2.28. The molecule has 2 aliphatic rings. The highest BCUT2D eigenvalue weighted by molar-refractivity contribution is 5.70. The molecule has 2 saturated heterocycles. The molecule has 1 amide bonds. The number of piperidine rings is 1. The summed E-state index contributed by atoms with van der Waals surface area (Å²) in [5.74, 6) is 0. The summed E-state index contributed by atoms with van der Waals surface area (Å²) < 4.78 is 5.27. The van der Waals surface area contributed by atoms with E-state index >= 15 is 0 Å². The summed E-state index contributed by atoms with van der Waals surface area (Å²) in [5, 5.41) is 6.04. The van der Waals surface area contributed by atoms with Gasteiger partial charge in [-0.2, -0.15) is 0 Å². The molecule has 1 spiro atoms. The number of hydrogen-bond donors (Lipinski definition) is 2. The molecule has 4 nitrogen and oxygen atoms in total. The van der Waals surface area contributed by atoms with Crippen molar-refractivity contribution in [2.75, 3.05) is 13.1 Å². The summed E-state index contributed by atoms with van der Waals surface area (Å²) >= 11 is 0. The Labute approximate surface area is 71.7 Å². The Balaban J connectivity index is 2.05. The van der Waals surface area contributed by atoms with E-state index in [0.717, 1.165) is 19.4 Å². The largest absolute Gasteiger partial charge is 0.441 e. The molecule has 2 atom stereocenters. The first-order chi connectivity index (χ1) is 5.70. The maximum atomic E-state index is 10.9. The highest BCUT2D eigenvalue weighted by Gasteiger charge is 2.42. The van der Waals surface area contributed by atoms with Gasteiger partial charge in [0.1, 0.15) is 5.60 Å². The lowest BCUT2D eigenvalue weighted by Crippen LogP contribution is -2.48. The molecule has 0 aromatic carbocycles. The smallest absolute Gasteiger partial charge is 0.407 e. The minimum atomic E-state index is -0.260. The zero-order valence-electron chi connectivity index (χ0n) is 7.22. The average molecular weight is 170 g/mol. The van der Waals surface area contributed by atoms with Gasteiger partial charge in [0, 0.05) is 18.9 Å². The topological polar surface area (TPSA) is 50.4 Å². The van der Waals surface area contributed by atoms with Crippen LogP contribution < -0.4 is 10.6 Å². The first kappa shape index (κ1) is 7.86. The van der Waals surface area contributed by atoms with Crippen LogP contribution in [0.2, 0.25) is 0 Å². The van der Waals surface area contributed by atoms with Crippen LogP contribution in [0.15, 0.2) is 0 Å². The van der Waals surface area contributed by atoms with E-state index in [2.05, 4.69) is 17.6 Å². The van der Waals surface area contributed by atoms with Gasteiger partial charge in [-0.15, -0.1) is 0 Å². The van der Waals surface area contributed by atoms with Gasteiger partial charge in [0.15, 0.2) is 0 Å². The van der Waals surface area contributed by atoms with Gasteiger partial charge in [-0.3, -0.25) is 0 Å². The third-order valence-corrected chi connectivity index (χ3v) is 2.62. The molecule has 0 radical (unpaired) electrons.